The van der Waals surface area contributed by atoms with Crippen molar-refractivity contribution >= 4 is 0 Å². The molecule has 1 aromatic rings. The predicted octanol–water partition coefficient (Wildman–Crippen LogP) is 2.88. The van der Waals surface area contributed by atoms with E-state index in [0.717, 1.165) is 13.1 Å². The van der Waals surface area contributed by atoms with Gasteiger partial charge in [0.05, 0.1) is 0 Å². The van der Waals surface area contributed by atoms with Crippen molar-refractivity contribution in [2.24, 2.45) is 17.6 Å². The van der Waals surface area contributed by atoms with Gasteiger partial charge in [-0.15, -0.1) is 0 Å². The molecule has 3 N–H and O–H groups in total. The van der Waals surface area contributed by atoms with Crippen molar-refractivity contribution in [3.63, 3.8) is 0 Å². The second-order valence-corrected chi connectivity index (χ2v) is 5.28. The summed E-state index contributed by atoms with van der Waals surface area (Å²) < 4.78 is 0. The molecule has 0 saturated carbocycles. The Labute approximate surface area is 106 Å². The first-order chi connectivity index (χ1) is 8.04. The highest BCUT2D eigenvalue weighted by Crippen LogP contribution is 2.15. The van der Waals surface area contributed by atoms with Crippen molar-refractivity contribution in [1.29, 1.82) is 0 Å². The van der Waals surface area contributed by atoms with Gasteiger partial charge in [0.25, 0.3) is 0 Å². The quantitative estimate of drug-likeness (QED) is 0.794. The zero-order chi connectivity index (χ0) is 12.8. The van der Waals surface area contributed by atoms with Crippen LogP contribution in [0.5, 0.6) is 0 Å². The van der Waals surface area contributed by atoms with Gasteiger partial charge >= 0.3 is 0 Å². The number of aryl methyl sites for hydroxylation is 1. The molecule has 0 aliphatic rings. The van der Waals surface area contributed by atoms with Gasteiger partial charge in [-0.3, -0.25) is 0 Å². The fourth-order valence-electron chi connectivity index (χ4n) is 1.89. The van der Waals surface area contributed by atoms with Crippen LogP contribution < -0.4 is 11.1 Å². The normalized spacial score (nSPS) is 14.9. The summed E-state index contributed by atoms with van der Waals surface area (Å²) in [6, 6.07) is 9.11. The van der Waals surface area contributed by atoms with E-state index >= 15 is 0 Å². The van der Waals surface area contributed by atoms with Crippen molar-refractivity contribution in [1.82, 2.24) is 5.32 Å². The summed E-state index contributed by atoms with van der Waals surface area (Å²) in [5, 5.41) is 3.57. The van der Waals surface area contributed by atoms with Gasteiger partial charge in [0.15, 0.2) is 0 Å². The third kappa shape index (κ3) is 4.49. The Morgan fingerprint density at radius 1 is 1.12 bits per heavy atom. The van der Waals surface area contributed by atoms with Crippen molar-refractivity contribution in [2.45, 2.75) is 33.7 Å². The van der Waals surface area contributed by atoms with Crippen LogP contribution in [0.3, 0.4) is 0 Å². The molecule has 0 heterocycles. The zero-order valence-corrected chi connectivity index (χ0v) is 11.5. The van der Waals surface area contributed by atoms with E-state index < -0.39 is 0 Å². The average molecular weight is 234 g/mol. The predicted molar refractivity (Wildman–Crippen MR) is 75.0 cm³/mol. The van der Waals surface area contributed by atoms with Gasteiger partial charge in [-0.25, -0.2) is 0 Å². The Morgan fingerprint density at radius 2 is 1.71 bits per heavy atom. The molecule has 2 heteroatoms. The van der Waals surface area contributed by atoms with Crippen LogP contribution in [0.1, 0.15) is 37.9 Å². The third-order valence-electron chi connectivity index (χ3n) is 3.51. The molecule has 1 rings (SSSR count). The standard InChI is InChI=1S/C15H26N2/c1-11(2)15(9-16)10-17-13(4)14-7-5-12(3)6-8-14/h5-8,11,13,15,17H,9-10,16H2,1-4H3/t13-,15?/m0/s1. The summed E-state index contributed by atoms with van der Waals surface area (Å²) in [5.74, 6) is 1.20. The number of hydrogen-bond acceptors (Lipinski definition) is 2. The molecule has 0 radical (unpaired) electrons. The van der Waals surface area contributed by atoms with E-state index in [-0.39, 0.29) is 0 Å². The van der Waals surface area contributed by atoms with Crippen LogP contribution in [-0.2, 0) is 0 Å². The van der Waals surface area contributed by atoms with Crippen LogP contribution in [0.25, 0.3) is 0 Å². The lowest BCUT2D eigenvalue weighted by molar-refractivity contribution is 0.356. The molecule has 0 fully saturated rings. The van der Waals surface area contributed by atoms with Crippen molar-refractivity contribution < 1.29 is 0 Å². The van der Waals surface area contributed by atoms with Crippen molar-refractivity contribution in [2.75, 3.05) is 13.1 Å². The molecule has 2 nitrogen and oxygen atoms in total. The van der Waals surface area contributed by atoms with Crippen LogP contribution in [0, 0.1) is 18.8 Å². The van der Waals surface area contributed by atoms with Gasteiger partial charge < -0.3 is 11.1 Å². The monoisotopic (exact) mass is 234 g/mol. The van der Waals surface area contributed by atoms with Crippen molar-refractivity contribution in [3.05, 3.63) is 35.4 Å². The first-order valence-corrected chi connectivity index (χ1v) is 6.54. The Balaban J connectivity index is 2.49. The second kappa shape index (κ2) is 6.77. The molecule has 2 atom stereocenters. The maximum absolute atomic E-state index is 5.78. The first-order valence-electron chi connectivity index (χ1n) is 6.54. The lowest BCUT2D eigenvalue weighted by atomic mass is 9.95. The fraction of sp³-hybridized carbons (Fsp3) is 0.600. The molecule has 0 saturated heterocycles. The maximum atomic E-state index is 5.78. The third-order valence-corrected chi connectivity index (χ3v) is 3.51. The second-order valence-electron chi connectivity index (χ2n) is 5.28. The molecule has 0 aliphatic carbocycles. The number of hydrogen-bond donors (Lipinski definition) is 2. The van der Waals surface area contributed by atoms with E-state index in [9.17, 15) is 0 Å². The molecule has 1 aromatic carbocycles. The average Bonchev–Trinajstić information content (AvgIpc) is 2.30. The minimum absolute atomic E-state index is 0.392. The van der Waals surface area contributed by atoms with Crippen LogP contribution in [0.15, 0.2) is 24.3 Å². The number of nitrogens with two attached hydrogens (primary N) is 1. The van der Waals surface area contributed by atoms with Crippen LogP contribution in [0.4, 0.5) is 0 Å². The summed E-state index contributed by atoms with van der Waals surface area (Å²) in [5.41, 5.74) is 8.43. The lowest BCUT2D eigenvalue weighted by Gasteiger charge is -2.22. The highest BCUT2D eigenvalue weighted by Gasteiger charge is 2.13. The molecule has 17 heavy (non-hydrogen) atoms. The van der Waals surface area contributed by atoms with Crippen LogP contribution in [0.2, 0.25) is 0 Å². The van der Waals surface area contributed by atoms with Gasteiger partial charge in [-0.1, -0.05) is 43.7 Å². The van der Waals surface area contributed by atoms with Gasteiger partial charge in [-0.2, -0.15) is 0 Å². The van der Waals surface area contributed by atoms with Crippen molar-refractivity contribution in [3.8, 4) is 0 Å². The molecule has 0 aromatic heterocycles. The Morgan fingerprint density at radius 3 is 2.18 bits per heavy atom. The summed E-state index contributed by atoms with van der Waals surface area (Å²) in [7, 11) is 0. The Hall–Kier alpha value is -0.860. The van der Waals surface area contributed by atoms with E-state index in [1.54, 1.807) is 0 Å². The van der Waals surface area contributed by atoms with E-state index in [1.807, 2.05) is 0 Å². The van der Waals surface area contributed by atoms with E-state index in [1.165, 1.54) is 11.1 Å². The molecule has 0 aliphatic heterocycles. The topological polar surface area (TPSA) is 38.0 Å². The molecule has 96 valence electrons. The van der Waals surface area contributed by atoms with Gasteiger partial charge in [0, 0.05) is 6.04 Å². The summed E-state index contributed by atoms with van der Waals surface area (Å²) >= 11 is 0. The summed E-state index contributed by atoms with van der Waals surface area (Å²) in [6.45, 7) is 10.5. The maximum Gasteiger partial charge on any atom is 0.0291 e. The smallest absolute Gasteiger partial charge is 0.0291 e. The fourth-order valence-corrected chi connectivity index (χ4v) is 1.89. The SMILES string of the molecule is Cc1ccc([C@H](C)NCC(CN)C(C)C)cc1. The highest BCUT2D eigenvalue weighted by atomic mass is 14.9. The number of benzene rings is 1. The minimum Gasteiger partial charge on any atom is -0.330 e. The van der Waals surface area contributed by atoms with Crippen LogP contribution in [-0.4, -0.2) is 13.1 Å². The minimum atomic E-state index is 0.392. The number of nitrogens with one attached hydrogen (secondary N) is 1. The highest BCUT2D eigenvalue weighted by molar-refractivity contribution is 5.23. The Kier molecular flexibility index (Phi) is 5.66. The summed E-state index contributed by atoms with van der Waals surface area (Å²) in [6.07, 6.45) is 0. The molecular weight excluding hydrogens is 208 g/mol. The molecule has 1 unspecified atom stereocenters. The zero-order valence-electron chi connectivity index (χ0n) is 11.5. The van der Waals surface area contributed by atoms with E-state index in [4.69, 9.17) is 5.73 Å². The lowest BCUT2D eigenvalue weighted by Crippen LogP contribution is -2.33. The molecule has 0 bridgehead atoms. The van der Waals surface area contributed by atoms with Gasteiger partial charge in [-0.05, 0) is 44.3 Å². The van der Waals surface area contributed by atoms with E-state index in [0.29, 0.717) is 17.9 Å². The Bertz CT molecular complexity index is 316. The molecular formula is C15H26N2. The summed E-state index contributed by atoms with van der Waals surface area (Å²) in [4.78, 5) is 0. The van der Waals surface area contributed by atoms with Crippen LogP contribution >= 0.6 is 0 Å². The molecule has 0 amide bonds. The van der Waals surface area contributed by atoms with Gasteiger partial charge in [0.2, 0.25) is 0 Å². The largest absolute Gasteiger partial charge is 0.330 e. The number of rotatable bonds is 6. The molecule has 0 spiro atoms. The van der Waals surface area contributed by atoms with E-state index in [2.05, 4.69) is 57.3 Å². The van der Waals surface area contributed by atoms with Gasteiger partial charge in [0.1, 0.15) is 0 Å². The first kappa shape index (κ1) is 14.2.